The van der Waals surface area contributed by atoms with Gasteiger partial charge in [-0.05, 0) is 31.2 Å². The number of halogens is 1. The average molecular weight is 446 g/mol. The third-order valence-corrected chi connectivity index (χ3v) is 5.98. The molecule has 1 fully saturated rings. The lowest BCUT2D eigenvalue weighted by atomic mass is 9.82. The largest absolute Gasteiger partial charge is 0.481 e. The molecule has 0 amide bonds. The van der Waals surface area contributed by atoms with Crippen molar-refractivity contribution in [2.75, 3.05) is 38.3 Å². The molecular weight excluding hydrogens is 413 g/mol. The van der Waals surface area contributed by atoms with Gasteiger partial charge in [0.15, 0.2) is 5.82 Å². The second kappa shape index (κ2) is 10.3. The number of carboxylic acids is 1. The summed E-state index contributed by atoms with van der Waals surface area (Å²) < 4.78 is 25.2. The van der Waals surface area contributed by atoms with Crippen molar-refractivity contribution in [3.63, 3.8) is 0 Å². The maximum absolute atomic E-state index is 14.8. The van der Waals surface area contributed by atoms with E-state index < -0.39 is 11.8 Å². The molecule has 3 heterocycles. The average Bonchev–Trinajstić information content (AvgIpc) is 2.73. The molecule has 2 aromatic heterocycles. The van der Waals surface area contributed by atoms with E-state index >= 15 is 0 Å². The summed E-state index contributed by atoms with van der Waals surface area (Å²) in [6.45, 7) is 8.73. The highest BCUT2D eigenvalue weighted by Crippen LogP contribution is 2.40. The SMILES string of the molecule is COCCCOc1ncc(-c2cnc(C)c(CC(=O)O)c2N2CCC(C)(C)CC2)cc1F. The van der Waals surface area contributed by atoms with Gasteiger partial charge in [-0.1, -0.05) is 13.8 Å². The Morgan fingerprint density at radius 1 is 1.22 bits per heavy atom. The standard InChI is InChI=1S/C24H32FN3O4/c1-16-18(13-21(29)30)22(28-8-6-24(2,3)7-9-28)19(15-26-16)17-12-20(25)23(27-14-17)32-11-5-10-31-4/h12,14-15H,5-11,13H2,1-4H3,(H,29,30). The molecule has 32 heavy (non-hydrogen) atoms. The molecule has 2 aromatic rings. The number of piperidine rings is 1. The summed E-state index contributed by atoms with van der Waals surface area (Å²) in [5.41, 5.74) is 3.61. The smallest absolute Gasteiger partial charge is 0.307 e. The molecule has 0 unspecified atom stereocenters. The molecule has 0 atom stereocenters. The molecule has 1 saturated heterocycles. The van der Waals surface area contributed by atoms with E-state index in [-0.39, 0.29) is 17.7 Å². The van der Waals surface area contributed by atoms with Crippen LogP contribution in [0.1, 0.15) is 44.4 Å². The number of pyridine rings is 2. The Hall–Kier alpha value is -2.74. The fourth-order valence-electron chi connectivity index (χ4n) is 3.96. The number of rotatable bonds is 9. The van der Waals surface area contributed by atoms with Crippen molar-refractivity contribution < 1.29 is 23.8 Å². The van der Waals surface area contributed by atoms with E-state index in [4.69, 9.17) is 9.47 Å². The topological polar surface area (TPSA) is 84.8 Å². The summed E-state index contributed by atoms with van der Waals surface area (Å²) in [6.07, 6.45) is 5.71. The van der Waals surface area contributed by atoms with E-state index in [9.17, 15) is 14.3 Å². The van der Waals surface area contributed by atoms with Gasteiger partial charge >= 0.3 is 5.97 Å². The Labute approximate surface area is 188 Å². The monoisotopic (exact) mass is 445 g/mol. The highest BCUT2D eigenvalue weighted by molar-refractivity contribution is 5.84. The molecule has 174 valence electrons. The van der Waals surface area contributed by atoms with Crippen molar-refractivity contribution in [3.05, 3.63) is 35.5 Å². The lowest BCUT2D eigenvalue weighted by Crippen LogP contribution is -2.38. The summed E-state index contributed by atoms with van der Waals surface area (Å²) >= 11 is 0. The maximum atomic E-state index is 14.8. The number of aliphatic carboxylic acids is 1. The highest BCUT2D eigenvalue weighted by Gasteiger charge is 2.29. The van der Waals surface area contributed by atoms with Crippen molar-refractivity contribution in [1.82, 2.24) is 9.97 Å². The number of hydrogen-bond acceptors (Lipinski definition) is 6. The summed E-state index contributed by atoms with van der Waals surface area (Å²) in [6, 6.07) is 1.38. The van der Waals surface area contributed by atoms with Crippen LogP contribution < -0.4 is 9.64 Å². The molecule has 1 aliphatic rings. The van der Waals surface area contributed by atoms with Crippen LogP contribution in [0.5, 0.6) is 5.88 Å². The zero-order chi connectivity index (χ0) is 23.3. The van der Waals surface area contributed by atoms with Crippen LogP contribution >= 0.6 is 0 Å². The molecule has 0 aromatic carbocycles. The van der Waals surface area contributed by atoms with Crippen molar-refractivity contribution in [2.24, 2.45) is 5.41 Å². The van der Waals surface area contributed by atoms with Crippen LogP contribution in [0.15, 0.2) is 18.5 Å². The van der Waals surface area contributed by atoms with Crippen LogP contribution in [-0.2, 0) is 16.0 Å². The van der Waals surface area contributed by atoms with E-state index in [0.717, 1.165) is 31.6 Å². The molecule has 3 rings (SSSR count). The predicted octanol–water partition coefficient (Wildman–Crippen LogP) is 4.26. The Morgan fingerprint density at radius 2 is 1.94 bits per heavy atom. The third kappa shape index (κ3) is 5.73. The fourth-order valence-corrected chi connectivity index (χ4v) is 3.96. The van der Waals surface area contributed by atoms with E-state index in [1.165, 1.54) is 6.07 Å². The van der Waals surface area contributed by atoms with Gasteiger partial charge in [0.2, 0.25) is 5.88 Å². The first-order valence-corrected chi connectivity index (χ1v) is 10.9. The molecule has 1 N–H and O–H groups in total. The lowest BCUT2D eigenvalue weighted by Gasteiger charge is -2.40. The fraction of sp³-hybridized carbons (Fsp3) is 0.542. The van der Waals surface area contributed by atoms with Gasteiger partial charge in [-0.2, -0.15) is 0 Å². The normalized spacial score (nSPS) is 15.6. The Balaban J connectivity index is 1.98. The van der Waals surface area contributed by atoms with E-state index in [1.54, 1.807) is 19.5 Å². The summed E-state index contributed by atoms with van der Waals surface area (Å²) in [4.78, 5) is 22.4. The first kappa shape index (κ1) is 23.9. The van der Waals surface area contributed by atoms with Crippen molar-refractivity contribution in [3.8, 4) is 17.0 Å². The Morgan fingerprint density at radius 3 is 2.56 bits per heavy atom. The second-order valence-corrected chi connectivity index (χ2v) is 9.01. The number of ether oxygens (including phenoxy) is 2. The van der Waals surface area contributed by atoms with Crippen molar-refractivity contribution >= 4 is 11.7 Å². The number of aromatic nitrogens is 2. The third-order valence-electron chi connectivity index (χ3n) is 5.98. The minimum Gasteiger partial charge on any atom is -0.481 e. The highest BCUT2D eigenvalue weighted by atomic mass is 19.1. The summed E-state index contributed by atoms with van der Waals surface area (Å²) in [5, 5.41) is 9.52. The van der Waals surface area contributed by atoms with E-state index in [2.05, 4.69) is 28.7 Å². The minimum atomic E-state index is -0.922. The zero-order valence-electron chi connectivity index (χ0n) is 19.3. The van der Waals surface area contributed by atoms with E-state index in [1.807, 2.05) is 6.92 Å². The van der Waals surface area contributed by atoms with Crippen LogP contribution in [0, 0.1) is 18.2 Å². The summed E-state index contributed by atoms with van der Waals surface area (Å²) in [7, 11) is 1.60. The zero-order valence-corrected chi connectivity index (χ0v) is 19.3. The number of anilines is 1. The minimum absolute atomic E-state index is 0.0584. The van der Waals surface area contributed by atoms with Gasteiger partial charge in [-0.15, -0.1) is 0 Å². The number of aryl methyl sites for hydroxylation is 1. The van der Waals surface area contributed by atoms with Crippen LogP contribution in [0.2, 0.25) is 0 Å². The molecule has 1 aliphatic heterocycles. The molecule has 0 spiro atoms. The summed E-state index contributed by atoms with van der Waals surface area (Å²) in [5.74, 6) is -1.54. The first-order chi connectivity index (χ1) is 15.2. The van der Waals surface area contributed by atoms with Crippen LogP contribution in [0.4, 0.5) is 10.1 Å². The van der Waals surface area contributed by atoms with Crippen LogP contribution in [0.3, 0.4) is 0 Å². The van der Waals surface area contributed by atoms with Crippen molar-refractivity contribution in [2.45, 2.75) is 46.5 Å². The number of carboxylic acid groups (broad SMARTS) is 1. The molecule has 8 heteroatoms. The lowest BCUT2D eigenvalue weighted by molar-refractivity contribution is -0.136. The molecule has 0 saturated carbocycles. The maximum Gasteiger partial charge on any atom is 0.307 e. The van der Waals surface area contributed by atoms with Gasteiger partial charge in [0.05, 0.1) is 18.7 Å². The van der Waals surface area contributed by atoms with Crippen LogP contribution in [0.25, 0.3) is 11.1 Å². The van der Waals surface area contributed by atoms with Gasteiger partial charge in [-0.3, -0.25) is 9.78 Å². The molecular formula is C24H32FN3O4. The predicted molar refractivity (Wildman–Crippen MR) is 121 cm³/mol. The molecule has 7 nitrogen and oxygen atoms in total. The van der Waals surface area contributed by atoms with Crippen molar-refractivity contribution in [1.29, 1.82) is 0 Å². The number of carbonyl (C=O) groups is 1. The number of nitrogens with zero attached hydrogens (tertiary/aromatic N) is 3. The quantitative estimate of drug-likeness (QED) is 0.577. The number of hydrogen-bond donors (Lipinski definition) is 1. The van der Waals surface area contributed by atoms with Gasteiger partial charge in [-0.25, -0.2) is 9.37 Å². The number of methoxy groups -OCH3 is 1. The Kier molecular flexibility index (Phi) is 7.66. The second-order valence-electron chi connectivity index (χ2n) is 9.01. The van der Waals surface area contributed by atoms with Gasteiger partial charge in [0.1, 0.15) is 0 Å². The van der Waals surface area contributed by atoms with Gasteiger partial charge < -0.3 is 19.5 Å². The Bertz CT molecular complexity index is 955. The van der Waals surface area contributed by atoms with Gasteiger partial charge in [0.25, 0.3) is 0 Å². The first-order valence-electron chi connectivity index (χ1n) is 10.9. The van der Waals surface area contributed by atoms with Crippen LogP contribution in [-0.4, -0.2) is 54.5 Å². The van der Waals surface area contributed by atoms with E-state index in [0.29, 0.717) is 42.0 Å². The molecule has 0 bridgehead atoms. The van der Waals surface area contributed by atoms with Gasteiger partial charge in [0, 0.05) is 68.0 Å². The molecule has 0 radical (unpaired) electrons. The molecule has 0 aliphatic carbocycles.